The van der Waals surface area contributed by atoms with Crippen LogP contribution in [-0.2, 0) is 22.4 Å². The minimum atomic E-state index is -0.897. The summed E-state index contributed by atoms with van der Waals surface area (Å²) >= 11 is 1.36. The topological polar surface area (TPSA) is 127 Å². The van der Waals surface area contributed by atoms with Crippen molar-refractivity contribution in [3.05, 3.63) is 59.0 Å². The number of carbonyl (C=O) groups is 2. The number of nitrogens with one attached hydrogen (secondary N) is 1. The van der Waals surface area contributed by atoms with Crippen LogP contribution in [0.15, 0.2) is 48.5 Å². The molecule has 3 rings (SSSR count). The number of para-hydroxylation sites is 1. The molecule has 0 atom stereocenters. The van der Waals surface area contributed by atoms with E-state index in [2.05, 4.69) is 5.32 Å². The Morgan fingerprint density at radius 3 is 2.34 bits per heavy atom. The number of anilines is 1. The van der Waals surface area contributed by atoms with Gasteiger partial charge in [0.2, 0.25) is 5.91 Å². The summed E-state index contributed by atoms with van der Waals surface area (Å²) in [5.74, 6) is -2.63. The predicted molar refractivity (Wildman–Crippen MR) is 109 cm³/mol. The van der Waals surface area contributed by atoms with Gasteiger partial charge in [0.1, 0.15) is 0 Å². The van der Waals surface area contributed by atoms with Crippen LogP contribution in [-0.4, -0.2) is 32.3 Å². The number of rotatable bonds is 7. The summed E-state index contributed by atoms with van der Waals surface area (Å²) in [7, 11) is 0. The van der Waals surface area contributed by atoms with Gasteiger partial charge in [-0.3, -0.25) is 9.59 Å². The Morgan fingerprint density at radius 1 is 0.966 bits per heavy atom. The molecular formula is C21H19NO6S. The lowest BCUT2D eigenvalue weighted by Crippen LogP contribution is -2.13. The minimum absolute atomic E-state index is 0.0501. The van der Waals surface area contributed by atoms with Crippen molar-refractivity contribution in [2.24, 2.45) is 0 Å². The van der Waals surface area contributed by atoms with Crippen LogP contribution in [0.1, 0.15) is 16.9 Å². The number of benzene rings is 2. The van der Waals surface area contributed by atoms with Crippen molar-refractivity contribution in [2.75, 3.05) is 5.32 Å². The molecule has 0 radical (unpaired) electrons. The second-order valence-electron chi connectivity index (χ2n) is 6.41. The lowest BCUT2D eigenvalue weighted by Gasteiger charge is -2.10. The Hall–Kier alpha value is -3.52. The van der Waals surface area contributed by atoms with E-state index in [1.807, 2.05) is 18.2 Å². The molecule has 1 aromatic heterocycles. The molecule has 1 heterocycles. The Balaban J connectivity index is 1.70. The first-order valence-electron chi connectivity index (χ1n) is 8.77. The molecule has 2 aromatic carbocycles. The normalized spacial score (nSPS) is 10.6. The molecule has 5 N–H and O–H groups in total. The van der Waals surface area contributed by atoms with E-state index in [0.29, 0.717) is 11.3 Å². The molecule has 29 heavy (non-hydrogen) atoms. The molecule has 0 saturated heterocycles. The van der Waals surface area contributed by atoms with Crippen molar-refractivity contribution in [1.29, 1.82) is 0 Å². The first-order valence-corrected chi connectivity index (χ1v) is 9.58. The Labute approximate surface area is 170 Å². The number of aliphatic carboxylic acids is 1. The van der Waals surface area contributed by atoms with E-state index in [4.69, 9.17) is 5.11 Å². The van der Waals surface area contributed by atoms with Gasteiger partial charge >= 0.3 is 5.97 Å². The van der Waals surface area contributed by atoms with Crippen LogP contribution in [0.5, 0.6) is 17.2 Å². The van der Waals surface area contributed by atoms with Crippen LogP contribution >= 0.6 is 11.3 Å². The summed E-state index contributed by atoms with van der Waals surface area (Å²) in [4.78, 5) is 24.9. The molecule has 0 bridgehead atoms. The van der Waals surface area contributed by atoms with Gasteiger partial charge in [0.05, 0.1) is 6.42 Å². The van der Waals surface area contributed by atoms with Crippen molar-refractivity contribution in [3.8, 4) is 27.7 Å². The molecule has 0 aliphatic carbocycles. The molecule has 7 nitrogen and oxygen atoms in total. The first kappa shape index (κ1) is 20.2. The number of amides is 1. The van der Waals surface area contributed by atoms with E-state index in [0.717, 1.165) is 15.3 Å². The van der Waals surface area contributed by atoms with E-state index in [9.17, 15) is 24.9 Å². The SMILES string of the molecule is O=C(O)Cc1ccc(-c2ccccc2NC(=O)CCc2cc(O)c(O)c(O)c2)s1. The van der Waals surface area contributed by atoms with Crippen molar-refractivity contribution in [2.45, 2.75) is 19.3 Å². The van der Waals surface area contributed by atoms with Crippen LogP contribution in [0.25, 0.3) is 10.4 Å². The Morgan fingerprint density at radius 2 is 1.66 bits per heavy atom. The van der Waals surface area contributed by atoms with E-state index in [1.165, 1.54) is 23.5 Å². The molecule has 0 aliphatic heterocycles. The fourth-order valence-electron chi connectivity index (χ4n) is 2.85. The third-order valence-electron chi connectivity index (χ3n) is 4.22. The summed E-state index contributed by atoms with van der Waals surface area (Å²) in [5.41, 5.74) is 1.91. The molecule has 0 aliphatic rings. The maximum absolute atomic E-state index is 12.4. The lowest BCUT2D eigenvalue weighted by atomic mass is 10.1. The number of phenolic OH excluding ortho intramolecular Hbond substituents is 3. The smallest absolute Gasteiger partial charge is 0.308 e. The highest BCUT2D eigenvalue weighted by atomic mass is 32.1. The van der Waals surface area contributed by atoms with Gasteiger partial charge in [0, 0.05) is 27.4 Å². The highest BCUT2D eigenvalue weighted by Gasteiger charge is 2.13. The molecule has 0 spiro atoms. The molecule has 150 valence electrons. The summed E-state index contributed by atoms with van der Waals surface area (Å²) in [6, 6.07) is 13.4. The van der Waals surface area contributed by atoms with Crippen molar-refractivity contribution in [3.63, 3.8) is 0 Å². The number of hydrogen-bond acceptors (Lipinski definition) is 6. The average Bonchev–Trinajstić information content (AvgIpc) is 3.12. The molecule has 0 fully saturated rings. The van der Waals surface area contributed by atoms with Gasteiger partial charge in [-0.05, 0) is 42.3 Å². The van der Waals surface area contributed by atoms with Crippen LogP contribution in [0.2, 0.25) is 0 Å². The fourth-order valence-corrected chi connectivity index (χ4v) is 3.89. The summed E-state index contributed by atoms with van der Waals surface area (Å²) in [5, 5.41) is 40.3. The van der Waals surface area contributed by atoms with Crippen LogP contribution in [0.3, 0.4) is 0 Å². The zero-order chi connectivity index (χ0) is 21.0. The lowest BCUT2D eigenvalue weighted by molar-refractivity contribution is -0.136. The highest BCUT2D eigenvalue weighted by molar-refractivity contribution is 7.15. The summed E-state index contributed by atoms with van der Waals surface area (Å²) in [6.07, 6.45) is 0.315. The summed E-state index contributed by atoms with van der Waals surface area (Å²) in [6.45, 7) is 0. The van der Waals surface area contributed by atoms with E-state index < -0.39 is 23.2 Å². The van der Waals surface area contributed by atoms with Crippen LogP contribution in [0.4, 0.5) is 5.69 Å². The number of aryl methyl sites for hydroxylation is 1. The van der Waals surface area contributed by atoms with Crippen LogP contribution < -0.4 is 5.32 Å². The molecule has 0 unspecified atom stereocenters. The van der Waals surface area contributed by atoms with Crippen molar-refractivity contribution < 1.29 is 30.0 Å². The number of phenols is 3. The molecule has 8 heteroatoms. The third kappa shape index (κ3) is 5.05. The third-order valence-corrected chi connectivity index (χ3v) is 5.34. The van der Waals surface area contributed by atoms with Gasteiger partial charge in [-0.15, -0.1) is 11.3 Å². The zero-order valence-corrected chi connectivity index (χ0v) is 16.1. The number of carbonyl (C=O) groups excluding carboxylic acids is 1. The van der Waals surface area contributed by atoms with Gasteiger partial charge in [-0.25, -0.2) is 0 Å². The van der Waals surface area contributed by atoms with Gasteiger partial charge in [0.15, 0.2) is 17.2 Å². The maximum Gasteiger partial charge on any atom is 0.308 e. The average molecular weight is 413 g/mol. The number of carboxylic acid groups (broad SMARTS) is 1. The fraction of sp³-hybridized carbons (Fsp3) is 0.143. The quantitative estimate of drug-likeness (QED) is 0.376. The Bertz CT molecular complexity index is 1040. The molecule has 3 aromatic rings. The number of carboxylic acids is 1. The zero-order valence-electron chi connectivity index (χ0n) is 15.3. The number of thiophene rings is 1. The number of hydrogen-bond donors (Lipinski definition) is 5. The monoisotopic (exact) mass is 413 g/mol. The van der Waals surface area contributed by atoms with Gasteiger partial charge in [-0.2, -0.15) is 0 Å². The van der Waals surface area contributed by atoms with Crippen molar-refractivity contribution >= 4 is 28.9 Å². The standard InChI is InChI=1S/C21H19NO6S/c23-16-9-12(10-17(24)21(16)28)5-8-19(25)22-15-4-2-1-3-14(15)18-7-6-13(29-18)11-20(26)27/h1-4,6-7,9-10,23-24,28H,5,8,11H2,(H,22,25)(H,26,27). The minimum Gasteiger partial charge on any atom is -0.504 e. The largest absolute Gasteiger partial charge is 0.504 e. The highest BCUT2D eigenvalue weighted by Crippen LogP contribution is 2.36. The first-order chi connectivity index (χ1) is 13.8. The van der Waals surface area contributed by atoms with E-state index >= 15 is 0 Å². The predicted octanol–water partition coefficient (Wildman–Crippen LogP) is 3.73. The second-order valence-corrected chi connectivity index (χ2v) is 7.58. The van der Waals surface area contributed by atoms with Crippen molar-refractivity contribution in [1.82, 2.24) is 0 Å². The summed E-state index contributed by atoms with van der Waals surface area (Å²) < 4.78 is 0. The van der Waals surface area contributed by atoms with Gasteiger partial charge in [0.25, 0.3) is 0 Å². The van der Waals surface area contributed by atoms with E-state index in [1.54, 1.807) is 18.2 Å². The van der Waals surface area contributed by atoms with Crippen LogP contribution in [0, 0.1) is 0 Å². The van der Waals surface area contributed by atoms with Gasteiger partial charge in [-0.1, -0.05) is 18.2 Å². The van der Waals surface area contributed by atoms with Gasteiger partial charge < -0.3 is 25.7 Å². The molecule has 0 saturated carbocycles. The Kier molecular flexibility index (Phi) is 6.04. The second kappa shape index (κ2) is 8.66. The molecule has 1 amide bonds. The number of aromatic hydroxyl groups is 3. The molecular weight excluding hydrogens is 394 g/mol. The van der Waals surface area contributed by atoms with E-state index in [-0.39, 0.29) is 25.2 Å². The maximum atomic E-state index is 12.4.